The third-order valence-corrected chi connectivity index (χ3v) is 3.73. The lowest BCUT2D eigenvalue weighted by Crippen LogP contribution is -2.31. The normalized spacial score (nSPS) is 11.9. The van der Waals surface area contributed by atoms with E-state index in [1.165, 1.54) is 0 Å². The van der Waals surface area contributed by atoms with Gasteiger partial charge in [-0.25, -0.2) is 0 Å². The third-order valence-electron chi connectivity index (χ3n) is 3.73. The summed E-state index contributed by atoms with van der Waals surface area (Å²) in [6, 6.07) is 12.9. The molecule has 3 aromatic rings. The van der Waals surface area contributed by atoms with Crippen molar-refractivity contribution in [1.29, 1.82) is 0 Å². The number of rotatable bonds is 7. The van der Waals surface area contributed by atoms with Crippen LogP contribution in [0.2, 0.25) is 0 Å². The molecule has 0 saturated carbocycles. The van der Waals surface area contributed by atoms with Gasteiger partial charge in [-0.1, -0.05) is 48.5 Å². The first-order valence-electron chi connectivity index (χ1n) is 8.32. The Kier molecular flexibility index (Phi) is 5.51. The fraction of sp³-hybridized carbons (Fsp3) is 0.263. The molecule has 6 nitrogen and oxygen atoms in total. The van der Waals surface area contributed by atoms with Crippen LogP contribution in [0.3, 0.4) is 0 Å². The van der Waals surface area contributed by atoms with Crippen LogP contribution in [0.25, 0.3) is 0 Å². The van der Waals surface area contributed by atoms with Gasteiger partial charge < -0.3 is 9.84 Å². The molecule has 0 radical (unpaired) electrons. The Morgan fingerprint density at radius 2 is 2.04 bits per heavy atom. The van der Waals surface area contributed by atoms with Gasteiger partial charge >= 0.3 is 0 Å². The highest BCUT2D eigenvalue weighted by molar-refractivity contribution is 5.79. The van der Waals surface area contributed by atoms with Crippen molar-refractivity contribution in [2.24, 2.45) is 0 Å². The Bertz CT molecular complexity index is 803. The van der Waals surface area contributed by atoms with Gasteiger partial charge in [0.15, 0.2) is 5.82 Å². The first-order chi connectivity index (χ1) is 12.3. The number of amides is 1. The molecule has 1 amide bonds. The van der Waals surface area contributed by atoms with Crippen molar-refractivity contribution >= 4 is 5.91 Å². The largest absolute Gasteiger partial charge is 0.342 e. The number of benzene rings is 1. The smallest absolute Gasteiger partial charge is 0.226 e. The van der Waals surface area contributed by atoms with Gasteiger partial charge in [0.1, 0.15) is 6.04 Å². The molecule has 0 spiro atoms. The summed E-state index contributed by atoms with van der Waals surface area (Å²) >= 11 is 0. The van der Waals surface area contributed by atoms with Crippen molar-refractivity contribution in [2.45, 2.75) is 32.2 Å². The summed E-state index contributed by atoms with van der Waals surface area (Å²) in [4.78, 5) is 20.9. The number of nitrogens with zero attached hydrogens (tertiary/aromatic N) is 3. The SMILES string of the molecule is CCCc1nc(C(NC(=O)Cc2cccnc2)c2ccccc2)no1. The van der Waals surface area contributed by atoms with E-state index in [-0.39, 0.29) is 12.3 Å². The van der Waals surface area contributed by atoms with Crippen LogP contribution in [-0.4, -0.2) is 21.0 Å². The predicted octanol–water partition coefficient (Wildman–Crippen LogP) is 2.87. The van der Waals surface area contributed by atoms with E-state index in [1.807, 2.05) is 49.4 Å². The fourth-order valence-electron chi connectivity index (χ4n) is 2.54. The quantitative estimate of drug-likeness (QED) is 0.717. The second kappa shape index (κ2) is 8.19. The first-order valence-corrected chi connectivity index (χ1v) is 8.32. The van der Waals surface area contributed by atoms with Gasteiger partial charge in [0.2, 0.25) is 11.8 Å². The molecule has 128 valence electrons. The molecule has 6 heteroatoms. The molecule has 3 rings (SSSR count). The second-order valence-corrected chi connectivity index (χ2v) is 5.75. The van der Waals surface area contributed by atoms with E-state index in [0.29, 0.717) is 11.7 Å². The van der Waals surface area contributed by atoms with E-state index in [4.69, 9.17) is 4.52 Å². The molecule has 25 heavy (non-hydrogen) atoms. The number of pyridine rings is 1. The van der Waals surface area contributed by atoms with E-state index in [0.717, 1.165) is 24.0 Å². The summed E-state index contributed by atoms with van der Waals surface area (Å²) in [5.41, 5.74) is 1.76. The Hall–Kier alpha value is -3.02. The van der Waals surface area contributed by atoms with Crippen LogP contribution < -0.4 is 5.32 Å². The third kappa shape index (κ3) is 4.50. The Labute approximate surface area is 146 Å². The van der Waals surface area contributed by atoms with Crippen LogP contribution in [0.15, 0.2) is 59.4 Å². The van der Waals surface area contributed by atoms with Crippen LogP contribution in [0.5, 0.6) is 0 Å². The maximum absolute atomic E-state index is 12.5. The van der Waals surface area contributed by atoms with Gasteiger partial charge in [-0.3, -0.25) is 9.78 Å². The summed E-state index contributed by atoms with van der Waals surface area (Å²) in [7, 11) is 0. The van der Waals surface area contributed by atoms with Crippen molar-refractivity contribution in [3.63, 3.8) is 0 Å². The molecule has 0 aliphatic carbocycles. The lowest BCUT2D eigenvalue weighted by Gasteiger charge is -2.16. The summed E-state index contributed by atoms with van der Waals surface area (Å²) in [5.74, 6) is 0.929. The van der Waals surface area contributed by atoms with Crippen LogP contribution in [0, 0.1) is 0 Å². The topological polar surface area (TPSA) is 80.9 Å². The van der Waals surface area contributed by atoms with Crippen LogP contribution in [0.4, 0.5) is 0 Å². The van der Waals surface area contributed by atoms with Crippen LogP contribution in [0.1, 0.15) is 42.2 Å². The summed E-state index contributed by atoms with van der Waals surface area (Å²) in [5, 5.41) is 7.06. The molecule has 1 aromatic carbocycles. The maximum atomic E-state index is 12.5. The number of carbonyl (C=O) groups is 1. The minimum Gasteiger partial charge on any atom is -0.342 e. The lowest BCUT2D eigenvalue weighted by molar-refractivity contribution is -0.121. The number of hydrogen-bond donors (Lipinski definition) is 1. The highest BCUT2D eigenvalue weighted by atomic mass is 16.5. The molecule has 0 saturated heterocycles. The van der Waals surface area contributed by atoms with E-state index in [9.17, 15) is 4.79 Å². The molecule has 1 N–H and O–H groups in total. The zero-order valence-corrected chi connectivity index (χ0v) is 14.1. The van der Waals surface area contributed by atoms with E-state index in [2.05, 4.69) is 20.4 Å². The molecule has 1 atom stereocenters. The highest BCUT2D eigenvalue weighted by Crippen LogP contribution is 2.20. The summed E-state index contributed by atoms with van der Waals surface area (Å²) in [6.07, 6.45) is 5.26. The van der Waals surface area contributed by atoms with Crippen LogP contribution >= 0.6 is 0 Å². The average molecular weight is 336 g/mol. The van der Waals surface area contributed by atoms with Crippen molar-refractivity contribution in [3.05, 3.63) is 77.7 Å². The van der Waals surface area contributed by atoms with E-state index >= 15 is 0 Å². The van der Waals surface area contributed by atoms with Crippen LogP contribution in [-0.2, 0) is 17.6 Å². The zero-order chi connectivity index (χ0) is 17.5. The van der Waals surface area contributed by atoms with Crippen molar-refractivity contribution in [1.82, 2.24) is 20.4 Å². The Morgan fingerprint density at radius 1 is 1.20 bits per heavy atom. The van der Waals surface area contributed by atoms with Gasteiger partial charge in [0, 0.05) is 18.8 Å². The number of carbonyl (C=O) groups excluding carboxylic acids is 1. The Balaban J connectivity index is 1.80. The van der Waals surface area contributed by atoms with Gasteiger partial charge in [0.05, 0.1) is 6.42 Å². The molecular weight excluding hydrogens is 316 g/mol. The maximum Gasteiger partial charge on any atom is 0.226 e. The predicted molar refractivity (Wildman–Crippen MR) is 92.7 cm³/mol. The summed E-state index contributed by atoms with van der Waals surface area (Å²) < 4.78 is 5.28. The highest BCUT2D eigenvalue weighted by Gasteiger charge is 2.22. The van der Waals surface area contributed by atoms with Gasteiger partial charge in [-0.2, -0.15) is 4.98 Å². The van der Waals surface area contributed by atoms with Crippen molar-refractivity contribution in [2.75, 3.05) is 0 Å². The van der Waals surface area contributed by atoms with E-state index < -0.39 is 6.04 Å². The number of aromatic nitrogens is 3. The number of aryl methyl sites for hydroxylation is 1. The average Bonchev–Trinajstić information content (AvgIpc) is 3.10. The molecule has 1 unspecified atom stereocenters. The minimum atomic E-state index is -0.445. The van der Waals surface area contributed by atoms with E-state index in [1.54, 1.807) is 12.4 Å². The molecule has 0 bridgehead atoms. The minimum absolute atomic E-state index is 0.122. The molecular formula is C19H20N4O2. The molecule has 2 heterocycles. The molecule has 0 aliphatic heterocycles. The van der Waals surface area contributed by atoms with Crippen molar-refractivity contribution in [3.8, 4) is 0 Å². The van der Waals surface area contributed by atoms with Gasteiger partial charge in [-0.15, -0.1) is 0 Å². The second-order valence-electron chi connectivity index (χ2n) is 5.75. The zero-order valence-electron chi connectivity index (χ0n) is 14.1. The van der Waals surface area contributed by atoms with Crippen molar-refractivity contribution < 1.29 is 9.32 Å². The lowest BCUT2D eigenvalue weighted by atomic mass is 10.1. The Morgan fingerprint density at radius 3 is 2.76 bits per heavy atom. The molecule has 2 aromatic heterocycles. The summed E-state index contributed by atoms with van der Waals surface area (Å²) in [6.45, 7) is 2.05. The molecule has 0 fully saturated rings. The number of hydrogen-bond acceptors (Lipinski definition) is 5. The monoisotopic (exact) mass is 336 g/mol. The standard InChI is InChI=1S/C19H20N4O2/c1-2-7-17-22-19(23-25-17)18(15-9-4-3-5-10-15)21-16(24)12-14-8-6-11-20-13-14/h3-6,8-11,13,18H,2,7,12H2,1H3,(H,21,24). The first kappa shape index (κ1) is 16.8. The number of nitrogens with one attached hydrogen (secondary N) is 1. The fourth-order valence-corrected chi connectivity index (χ4v) is 2.54. The molecule has 0 aliphatic rings. The van der Waals surface area contributed by atoms with Gasteiger partial charge in [-0.05, 0) is 23.6 Å². The van der Waals surface area contributed by atoms with Gasteiger partial charge in [0.25, 0.3) is 0 Å².